The van der Waals surface area contributed by atoms with Crippen molar-refractivity contribution >= 4 is 28.6 Å². The van der Waals surface area contributed by atoms with Crippen LogP contribution in [-0.2, 0) is 27.1 Å². The van der Waals surface area contributed by atoms with Gasteiger partial charge in [0, 0.05) is 36.7 Å². The van der Waals surface area contributed by atoms with Gasteiger partial charge in [-0.25, -0.2) is 9.59 Å². The molecule has 26 heavy (non-hydrogen) atoms. The first kappa shape index (κ1) is 16.6. The Hall–Kier alpha value is -2.83. The number of fused-ring (bicyclic) bond motifs is 2. The average Bonchev–Trinajstić information content (AvgIpc) is 2.62. The number of hydrogen-bond donors (Lipinski definition) is 0. The number of rotatable bonds is 3. The fraction of sp³-hybridized carbons (Fsp3) is 0.421. The monoisotopic (exact) mass is 357 g/mol. The van der Waals surface area contributed by atoms with E-state index in [9.17, 15) is 14.4 Å². The quantitative estimate of drug-likeness (QED) is 0.473. The topological polar surface area (TPSA) is 86.0 Å². The van der Waals surface area contributed by atoms with Crippen molar-refractivity contribution < 1.29 is 23.5 Å². The molecule has 0 bridgehead atoms. The Labute approximate surface area is 149 Å². The molecule has 0 radical (unpaired) electrons. The normalized spacial score (nSPS) is 15.5. The van der Waals surface area contributed by atoms with E-state index in [4.69, 9.17) is 9.15 Å². The van der Waals surface area contributed by atoms with E-state index >= 15 is 0 Å². The molecule has 0 amide bonds. The van der Waals surface area contributed by atoms with E-state index in [0.717, 1.165) is 49.7 Å². The Morgan fingerprint density at radius 2 is 1.92 bits per heavy atom. The van der Waals surface area contributed by atoms with Gasteiger partial charge in [-0.3, -0.25) is 4.79 Å². The zero-order valence-electron chi connectivity index (χ0n) is 14.5. The standard InChI is InChI=1S/C19H19NO6/c1-11(21)24-10-25-18(22)15-9-13-8-12-4-2-6-20-7-3-5-14(16(12)20)17(13)26-19(15)23/h8-9H,2-7,10H2,1H3. The fourth-order valence-corrected chi connectivity index (χ4v) is 3.83. The maximum atomic E-state index is 12.3. The predicted octanol–water partition coefficient (Wildman–Crippen LogP) is 2.17. The third-order valence-corrected chi connectivity index (χ3v) is 4.89. The summed E-state index contributed by atoms with van der Waals surface area (Å²) in [5.74, 6) is -1.44. The Morgan fingerprint density at radius 1 is 1.15 bits per heavy atom. The van der Waals surface area contributed by atoms with Gasteiger partial charge < -0.3 is 18.8 Å². The maximum absolute atomic E-state index is 12.3. The van der Waals surface area contributed by atoms with E-state index in [1.807, 2.05) is 6.07 Å². The molecule has 136 valence electrons. The molecule has 0 N–H and O–H groups in total. The lowest BCUT2D eigenvalue weighted by Crippen LogP contribution is -2.34. The van der Waals surface area contributed by atoms with E-state index in [2.05, 4.69) is 9.64 Å². The van der Waals surface area contributed by atoms with Crippen molar-refractivity contribution in [2.75, 3.05) is 24.8 Å². The van der Waals surface area contributed by atoms with Crippen molar-refractivity contribution in [3.05, 3.63) is 39.2 Å². The third kappa shape index (κ3) is 2.83. The molecule has 0 saturated carbocycles. The Bertz CT molecular complexity index is 959. The molecule has 2 aliphatic rings. The lowest BCUT2D eigenvalue weighted by Gasteiger charge is -2.37. The summed E-state index contributed by atoms with van der Waals surface area (Å²) < 4.78 is 14.9. The van der Waals surface area contributed by atoms with Gasteiger partial charge >= 0.3 is 17.6 Å². The van der Waals surface area contributed by atoms with E-state index < -0.39 is 24.4 Å². The number of carbonyl (C=O) groups is 2. The number of esters is 2. The molecule has 0 saturated heterocycles. The molecule has 0 unspecified atom stereocenters. The first-order chi connectivity index (χ1) is 12.5. The first-order valence-corrected chi connectivity index (χ1v) is 8.72. The second-order valence-corrected chi connectivity index (χ2v) is 6.61. The molecule has 0 aliphatic carbocycles. The Morgan fingerprint density at radius 3 is 2.69 bits per heavy atom. The van der Waals surface area contributed by atoms with E-state index in [1.54, 1.807) is 0 Å². The van der Waals surface area contributed by atoms with Gasteiger partial charge in [0.05, 0.1) is 0 Å². The highest BCUT2D eigenvalue weighted by Crippen LogP contribution is 2.39. The van der Waals surface area contributed by atoms with E-state index in [1.165, 1.54) is 24.2 Å². The van der Waals surface area contributed by atoms with Crippen LogP contribution >= 0.6 is 0 Å². The van der Waals surface area contributed by atoms with Crippen molar-refractivity contribution in [3.8, 4) is 0 Å². The lowest BCUT2D eigenvalue weighted by atomic mass is 9.90. The Balaban J connectivity index is 1.76. The summed E-state index contributed by atoms with van der Waals surface area (Å²) in [6.45, 7) is 2.72. The number of benzene rings is 1. The van der Waals surface area contributed by atoms with Crippen LogP contribution in [0.4, 0.5) is 5.69 Å². The second kappa shape index (κ2) is 6.48. The number of hydrogen-bond acceptors (Lipinski definition) is 7. The molecular formula is C19H19NO6. The number of anilines is 1. The van der Waals surface area contributed by atoms with E-state index in [-0.39, 0.29) is 5.56 Å². The van der Waals surface area contributed by atoms with Gasteiger partial charge in [0.1, 0.15) is 11.1 Å². The fourth-order valence-electron chi connectivity index (χ4n) is 3.83. The summed E-state index contributed by atoms with van der Waals surface area (Å²) in [7, 11) is 0. The minimum Gasteiger partial charge on any atom is -0.428 e. The average molecular weight is 357 g/mol. The molecular weight excluding hydrogens is 338 g/mol. The third-order valence-electron chi connectivity index (χ3n) is 4.89. The smallest absolute Gasteiger partial charge is 0.351 e. The van der Waals surface area contributed by atoms with Crippen molar-refractivity contribution in [3.63, 3.8) is 0 Å². The minimum atomic E-state index is -0.866. The van der Waals surface area contributed by atoms with Crippen LogP contribution in [0.25, 0.3) is 11.0 Å². The summed E-state index contributed by atoms with van der Waals surface area (Å²) in [5.41, 5.74) is 3.10. The summed E-state index contributed by atoms with van der Waals surface area (Å²) in [6, 6.07) is 3.51. The molecule has 2 aliphatic heterocycles. The second-order valence-electron chi connectivity index (χ2n) is 6.61. The van der Waals surface area contributed by atoms with Crippen LogP contribution in [0.2, 0.25) is 0 Å². The van der Waals surface area contributed by atoms with Gasteiger partial charge in [-0.05, 0) is 43.4 Å². The Kier molecular flexibility index (Phi) is 4.14. The summed E-state index contributed by atoms with van der Waals surface area (Å²) in [4.78, 5) is 37.5. The lowest BCUT2D eigenvalue weighted by molar-refractivity contribution is -0.149. The number of aryl methyl sites for hydroxylation is 2. The largest absolute Gasteiger partial charge is 0.428 e. The molecule has 2 aromatic rings. The molecule has 3 heterocycles. The SMILES string of the molecule is CC(=O)OCOC(=O)c1cc2cc3c4c(c2oc1=O)CCCN4CCC3. The van der Waals surface area contributed by atoms with Crippen LogP contribution in [-0.4, -0.2) is 31.8 Å². The summed E-state index contributed by atoms with van der Waals surface area (Å²) in [5, 5.41) is 0.724. The van der Waals surface area contributed by atoms with Gasteiger partial charge in [0.25, 0.3) is 0 Å². The van der Waals surface area contributed by atoms with Crippen LogP contribution < -0.4 is 10.5 Å². The van der Waals surface area contributed by atoms with Gasteiger partial charge in [-0.15, -0.1) is 0 Å². The molecule has 0 spiro atoms. The van der Waals surface area contributed by atoms with Crippen LogP contribution in [0.5, 0.6) is 0 Å². The molecule has 4 rings (SSSR count). The number of ether oxygens (including phenoxy) is 2. The molecule has 0 fully saturated rings. The number of carbonyl (C=O) groups excluding carboxylic acids is 2. The first-order valence-electron chi connectivity index (χ1n) is 8.72. The van der Waals surface area contributed by atoms with Crippen LogP contribution in [0.1, 0.15) is 41.3 Å². The van der Waals surface area contributed by atoms with Gasteiger partial charge in [0.2, 0.25) is 6.79 Å². The zero-order valence-corrected chi connectivity index (χ0v) is 14.5. The highest BCUT2D eigenvalue weighted by Gasteiger charge is 2.27. The molecule has 1 aromatic heterocycles. The molecule has 0 atom stereocenters. The zero-order chi connectivity index (χ0) is 18.3. The van der Waals surface area contributed by atoms with Gasteiger partial charge in [0.15, 0.2) is 0 Å². The predicted molar refractivity (Wildman–Crippen MR) is 93.4 cm³/mol. The summed E-state index contributed by atoms with van der Waals surface area (Å²) >= 11 is 0. The maximum Gasteiger partial charge on any atom is 0.351 e. The van der Waals surface area contributed by atoms with Crippen LogP contribution in [0.3, 0.4) is 0 Å². The van der Waals surface area contributed by atoms with Gasteiger partial charge in [-0.2, -0.15) is 0 Å². The number of nitrogens with zero attached hydrogens (tertiary/aromatic N) is 1. The van der Waals surface area contributed by atoms with E-state index in [0.29, 0.717) is 5.58 Å². The highest BCUT2D eigenvalue weighted by atomic mass is 16.7. The molecule has 7 heteroatoms. The highest BCUT2D eigenvalue weighted by molar-refractivity contribution is 5.95. The van der Waals surface area contributed by atoms with Crippen LogP contribution in [0, 0.1) is 0 Å². The van der Waals surface area contributed by atoms with Gasteiger partial charge in [-0.1, -0.05) is 0 Å². The summed E-state index contributed by atoms with van der Waals surface area (Å²) in [6.07, 6.45) is 3.93. The minimum absolute atomic E-state index is 0.194. The molecule has 7 nitrogen and oxygen atoms in total. The van der Waals surface area contributed by atoms with Crippen molar-refractivity contribution in [1.82, 2.24) is 0 Å². The van der Waals surface area contributed by atoms with Crippen LogP contribution in [0.15, 0.2) is 21.3 Å². The van der Waals surface area contributed by atoms with Crippen molar-refractivity contribution in [2.24, 2.45) is 0 Å². The molecule has 1 aromatic carbocycles. The van der Waals surface area contributed by atoms with Crippen molar-refractivity contribution in [1.29, 1.82) is 0 Å². The van der Waals surface area contributed by atoms with Crippen molar-refractivity contribution in [2.45, 2.75) is 32.6 Å².